The Labute approximate surface area is 163 Å². The molecule has 1 aliphatic heterocycles. The molecule has 0 unspecified atom stereocenters. The van der Waals surface area contributed by atoms with Gasteiger partial charge in [0, 0.05) is 29.4 Å². The molecule has 7 heteroatoms. The average molecular weight is 390 g/mol. The number of ketones is 2. The molecule has 0 atom stereocenters. The lowest BCUT2D eigenvalue weighted by atomic mass is 10.1. The molecule has 0 bridgehead atoms. The van der Waals surface area contributed by atoms with E-state index in [1.165, 1.54) is 6.92 Å². The second-order valence-electron chi connectivity index (χ2n) is 6.72. The van der Waals surface area contributed by atoms with Crippen LogP contribution in [-0.2, 0) is 4.74 Å². The Hall–Kier alpha value is -2.31. The number of hydrogen-bond acceptors (Lipinski definition) is 5. The third-order valence-electron chi connectivity index (χ3n) is 4.82. The minimum absolute atomic E-state index is 0.0438. The molecule has 1 saturated heterocycles. The summed E-state index contributed by atoms with van der Waals surface area (Å²) in [4.78, 5) is 29.8. The number of carbonyl (C=O) groups is 2. The molecule has 27 heavy (non-hydrogen) atoms. The molecule has 0 radical (unpaired) electrons. The zero-order chi connectivity index (χ0) is 19.6. The number of anilines is 2. The van der Waals surface area contributed by atoms with Crippen LogP contribution in [0.2, 0.25) is 5.02 Å². The molecule has 1 fully saturated rings. The molecule has 0 spiro atoms. The summed E-state index contributed by atoms with van der Waals surface area (Å²) in [5.41, 5.74) is 4.30. The quantitative estimate of drug-likeness (QED) is 0.738. The number of aromatic amines is 1. The van der Waals surface area contributed by atoms with Crippen molar-refractivity contribution in [2.24, 2.45) is 0 Å². The van der Waals surface area contributed by atoms with Gasteiger partial charge < -0.3 is 19.9 Å². The van der Waals surface area contributed by atoms with E-state index in [9.17, 15) is 9.59 Å². The number of Topliss-reactive ketones (excluding diaryl/α,β-unsaturated/α-hetero) is 2. The Bertz CT molecular complexity index is 870. The Morgan fingerprint density at radius 2 is 1.96 bits per heavy atom. The second kappa shape index (κ2) is 8.15. The summed E-state index contributed by atoms with van der Waals surface area (Å²) in [7, 11) is 0. The maximum atomic E-state index is 12.7. The summed E-state index contributed by atoms with van der Waals surface area (Å²) >= 11 is 6.16. The number of halogens is 1. The molecule has 6 nitrogen and oxygen atoms in total. The largest absolute Gasteiger partial charge is 0.378 e. The lowest BCUT2D eigenvalue weighted by Crippen LogP contribution is -2.36. The number of morpholine rings is 1. The van der Waals surface area contributed by atoms with E-state index in [1.807, 2.05) is 18.2 Å². The SMILES string of the molecule is CC(=O)c1c(C)[nH]c(C(=O)CNc2cc(Cl)ccc2N2CCOCC2)c1C. The van der Waals surface area contributed by atoms with E-state index in [2.05, 4.69) is 15.2 Å². The van der Waals surface area contributed by atoms with Crippen molar-refractivity contribution < 1.29 is 14.3 Å². The van der Waals surface area contributed by atoms with Crippen LogP contribution >= 0.6 is 11.6 Å². The first-order valence-corrected chi connectivity index (χ1v) is 9.35. The van der Waals surface area contributed by atoms with Gasteiger partial charge in [-0.15, -0.1) is 0 Å². The summed E-state index contributed by atoms with van der Waals surface area (Å²) in [6, 6.07) is 5.63. The molecular weight excluding hydrogens is 366 g/mol. The van der Waals surface area contributed by atoms with E-state index in [4.69, 9.17) is 16.3 Å². The van der Waals surface area contributed by atoms with Crippen molar-refractivity contribution in [3.05, 3.63) is 45.7 Å². The van der Waals surface area contributed by atoms with Crippen molar-refractivity contribution in [2.75, 3.05) is 43.1 Å². The number of aryl methyl sites for hydroxylation is 1. The van der Waals surface area contributed by atoms with Gasteiger partial charge in [0.25, 0.3) is 0 Å². The van der Waals surface area contributed by atoms with Gasteiger partial charge in [-0.05, 0) is 44.5 Å². The number of hydrogen-bond donors (Lipinski definition) is 2. The van der Waals surface area contributed by atoms with Crippen molar-refractivity contribution in [3.8, 4) is 0 Å². The lowest BCUT2D eigenvalue weighted by molar-refractivity contribution is 0.1000. The van der Waals surface area contributed by atoms with Gasteiger partial charge in [0.2, 0.25) is 0 Å². The maximum Gasteiger partial charge on any atom is 0.198 e. The van der Waals surface area contributed by atoms with Gasteiger partial charge >= 0.3 is 0 Å². The molecule has 2 N–H and O–H groups in total. The summed E-state index contributed by atoms with van der Waals surface area (Å²) in [5.74, 6) is -0.145. The van der Waals surface area contributed by atoms with Crippen molar-refractivity contribution in [2.45, 2.75) is 20.8 Å². The first-order chi connectivity index (χ1) is 12.9. The third kappa shape index (κ3) is 4.17. The van der Waals surface area contributed by atoms with Crippen LogP contribution in [0.1, 0.15) is 39.0 Å². The van der Waals surface area contributed by atoms with Crippen molar-refractivity contribution in [1.82, 2.24) is 4.98 Å². The Kier molecular flexibility index (Phi) is 5.87. The van der Waals surface area contributed by atoms with Gasteiger partial charge in [-0.25, -0.2) is 0 Å². The van der Waals surface area contributed by atoms with E-state index in [0.717, 1.165) is 30.2 Å². The van der Waals surface area contributed by atoms with Gasteiger partial charge in [0.05, 0.1) is 36.8 Å². The van der Waals surface area contributed by atoms with Crippen molar-refractivity contribution in [1.29, 1.82) is 0 Å². The van der Waals surface area contributed by atoms with Gasteiger partial charge in [0.1, 0.15) is 0 Å². The molecule has 0 aliphatic carbocycles. The van der Waals surface area contributed by atoms with E-state index in [-0.39, 0.29) is 18.1 Å². The molecule has 0 saturated carbocycles. The van der Waals surface area contributed by atoms with Crippen LogP contribution in [0.15, 0.2) is 18.2 Å². The molecule has 1 aromatic carbocycles. The number of benzene rings is 1. The van der Waals surface area contributed by atoms with Gasteiger partial charge in [-0.3, -0.25) is 9.59 Å². The summed E-state index contributed by atoms with van der Waals surface area (Å²) in [5, 5.41) is 3.82. The number of ether oxygens (including phenoxy) is 1. The normalized spacial score (nSPS) is 14.3. The van der Waals surface area contributed by atoms with Crippen LogP contribution in [0.3, 0.4) is 0 Å². The lowest BCUT2D eigenvalue weighted by Gasteiger charge is -2.30. The van der Waals surface area contributed by atoms with Gasteiger partial charge in [0.15, 0.2) is 11.6 Å². The summed E-state index contributed by atoms with van der Waals surface area (Å²) in [6.07, 6.45) is 0. The van der Waals surface area contributed by atoms with Crippen LogP contribution in [0.4, 0.5) is 11.4 Å². The average Bonchev–Trinajstić information content (AvgIpc) is 2.95. The fraction of sp³-hybridized carbons (Fsp3) is 0.400. The second-order valence-corrected chi connectivity index (χ2v) is 7.16. The predicted molar refractivity (Wildman–Crippen MR) is 108 cm³/mol. The van der Waals surface area contributed by atoms with Gasteiger partial charge in [-0.2, -0.15) is 0 Å². The smallest absolute Gasteiger partial charge is 0.198 e. The first-order valence-electron chi connectivity index (χ1n) is 8.98. The predicted octanol–water partition coefficient (Wildman–Crippen LogP) is 3.62. The fourth-order valence-electron chi connectivity index (χ4n) is 3.55. The maximum absolute atomic E-state index is 12.7. The molecular formula is C20H24ClN3O3. The highest BCUT2D eigenvalue weighted by atomic mass is 35.5. The molecule has 0 amide bonds. The zero-order valence-electron chi connectivity index (χ0n) is 15.8. The Morgan fingerprint density at radius 1 is 1.26 bits per heavy atom. The molecule has 2 aromatic rings. The van der Waals surface area contributed by atoms with Crippen LogP contribution < -0.4 is 10.2 Å². The standard InChI is InChI=1S/C20H24ClN3O3/c1-12-19(14(3)25)13(2)23-20(12)18(26)11-22-16-10-15(21)4-5-17(16)24-6-8-27-9-7-24/h4-5,10,22-23H,6-9,11H2,1-3H3. The highest BCUT2D eigenvalue weighted by molar-refractivity contribution is 6.31. The number of H-pyrrole nitrogens is 1. The van der Waals surface area contributed by atoms with Crippen LogP contribution in [0, 0.1) is 13.8 Å². The highest BCUT2D eigenvalue weighted by Crippen LogP contribution is 2.30. The number of rotatable bonds is 6. The molecule has 1 aliphatic rings. The minimum Gasteiger partial charge on any atom is -0.378 e. The number of nitrogens with one attached hydrogen (secondary N) is 2. The summed E-state index contributed by atoms with van der Waals surface area (Å²) in [6.45, 7) is 8.16. The summed E-state index contributed by atoms with van der Waals surface area (Å²) < 4.78 is 5.41. The number of aromatic nitrogens is 1. The van der Waals surface area contributed by atoms with E-state index >= 15 is 0 Å². The van der Waals surface area contributed by atoms with E-state index < -0.39 is 0 Å². The molecule has 3 rings (SSSR count). The van der Waals surface area contributed by atoms with Crippen LogP contribution in [0.25, 0.3) is 0 Å². The molecule has 2 heterocycles. The minimum atomic E-state index is -0.101. The van der Waals surface area contributed by atoms with Crippen LogP contribution in [-0.4, -0.2) is 49.4 Å². The molecule has 144 valence electrons. The van der Waals surface area contributed by atoms with E-state index in [0.29, 0.717) is 35.1 Å². The van der Waals surface area contributed by atoms with E-state index in [1.54, 1.807) is 13.8 Å². The Morgan fingerprint density at radius 3 is 2.59 bits per heavy atom. The number of nitrogens with zero attached hydrogens (tertiary/aromatic N) is 1. The first kappa shape index (κ1) is 19.5. The zero-order valence-corrected chi connectivity index (χ0v) is 16.6. The Balaban J connectivity index is 1.79. The molecule has 1 aromatic heterocycles. The van der Waals surface area contributed by atoms with Gasteiger partial charge in [-0.1, -0.05) is 11.6 Å². The third-order valence-corrected chi connectivity index (χ3v) is 5.05. The van der Waals surface area contributed by atoms with Crippen molar-refractivity contribution in [3.63, 3.8) is 0 Å². The monoisotopic (exact) mass is 389 g/mol. The number of carbonyl (C=O) groups excluding carboxylic acids is 2. The van der Waals surface area contributed by atoms with Crippen molar-refractivity contribution >= 4 is 34.5 Å². The fourth-order valence-corrected chi connectivity index (χ4v) is 3.72. The van der Waals surface area contributed by atoms with Crippen LogP contribution in [0.5, 0.6) is 0 Å². The topological polar surface area (TPSA) is 74.4 Å². The highest BCUT2D eigenvalue weighted by Gasteiger charge is 2.20.